The first kappa shape index (κ1) is 15.5. The molecule has 1 aliphatic carbocycles. The van der Waals surface area contributed by atoms with Gasteiger partial charge in [-0.2, -0.15) is 5.26 Å². The molecule has 1 atom stereocenters. The lowest BCUT2D eigenvalue weighted by molar-refractivity contribution is 0.507. The third-order valence-electron chi connectivity index (χ3n) is 3.93. The van der Waals surface area contributed by atoms with Gasteiger partial charge in [0.25, 0.3) is 0 Å². The summed E-state index contributed by atoms with van der Waals surface area (Å²) in [7, 11) is -3.74. The van der Waals surface area contributed by atoms with Crippen LogP contribution in [0.3, 0.4) is 0 Å². The van der Waals surface area contributed by atoms with Crippen molar-refractivity contribution >= 4 is 15.7 Å². The van der Waals surface area contributed by atoms with E-state index in [4.69, 9.17) is 11.0 Å². The zero-order chi connectivity index (χ0) is 16.4. The number of aryl methyl sites for hydroxylation is 1. The van der Waals surface area contributed by atoms with Gasteiger partial charge in [-0.05, 0) is 48.6 Å². The van der Waals surface area contributed by atoms with E-state index in [0.717, 1.165) is 30.4 Å². The summed E-state index contributed by atoms with van der Waals surface area (Å²) in [6.07, 6.45) is 5.08. The van der Waals surface area contributed by atoms with Crippen LogP contribution in [-0.4, -0.2) is 13.4 Å². The summed E-state index contributed by atoms with van der Waals surface area (Å²) >= 11 is 0. The summed E-state index contributed by atoms with van der Waals surface area (Å²) in [4.78, 5) is 3.81. The smallest absolute Gasteiger partial charge is 0.242 e. The van der Waals surface area contributed by atoms with Crippen LogP contribution in [0.15, 0.2) is 41.6 Å². The number of hydrogen-bond acceptors (Lipinski definition) is 5. The van der Waals surface area contributed by atoms with Gasteiger partial charge in [0.05, 0.1) is 5.56 Å². The number of pyridine rings is 1. The summed E-state index contributed by atoms with van der Waals surface area (Å²) < 4.78 is 27.8. The zero-order valence-corrected chi connectivity index (χ0v) is 13.2. The molecule has 1 unspecified atom stereocenters. The standard InChI is InChI=1S/C16H16N4O2S/c17-8-11-6-14(10-19-9-11)23(21,22)20-16-3-1-2-12-7-13(18)4-5-15(12)16/h4-7,9-10,16,20H,1-3,18H2. The van der Waals surface area contributed by atoms with Crippen molar-refractivity contribution in [3.8, 4) is 6.07 Å². The molecule has 1 aliphatic rings. The largest absolute Gasteiger partial charge is 0.399 e. The Morgan fingerprint density at radius 2 is 2.13 bits per heavy atom. The number of nitrogens with one attached hydrogen (secondary N) is 1. The average molecular weight is 328 g/mol. The predicted octanol–water partition coefficient (Wildman–Crippen LogP) is 1.89. The van der Waals surface area contributed by atoms with Crippen LogP contribution in [0.25, 0.3) is 0 Å². The lowest BCUT2D eigenvalue weighted by atomic mass is 9.88. The number of sulfonamides is 1. The van der Waals surface area contributed by atoms with Gasteiger partial charge in [0.2, 0.25) is 10.0 Å². The first-order chi connectivity index (χ1) is 11.0. The van der Waals surface area contributed by atoms with Gasteiger partial charge in [-0.15, -0.1) is 0 Å². The summed E-state index contributed by atoms with van der Waals surface area (Å²) in [6, 6.07) is 8.48. The maximum atomic E-state index is 12.6. The fourth-order valence-corrected chi connectivity index (χ4v) is 4.08. The van der Waals surface area contributed by atoms with Gasteiger partial charge in [-0.3, -0.25) is 4.98 Å². The van der Waals surface area contributed by atoms with Crippen molar-refractivity contribution in [2.45, 2.75) is 30.2 Å². The normalized spacial score (nSPS) is 17.3. The second kappa shape index (κ2) is 5.99. The van der Waals surface area contributed by atoms with Gasteiger partial charge in [-0.1, -0.05) is 6.07 Å². The van der Waals surface area contributed by atoms with E-state index >= 15 is 0 Å². The zero-order valence-electron chi connectivity index (χ0n) is 12.4. The molecule has 118 valence electrons. The van der Waals surface area contributed by atoms with Crippen molar-refractivity contribution in [2.75, 3.05) is 5.73 Å². The molecule has 2 aromatic rings. The van der Waals surface area contributed by atoms with E-state index < -0.39 is 10.0 Å². The Hall–Kier alpha value is -2.43. The molecular weight excluding hydrogens is 312 g/mol. The summed E-state index contributed by atoms with van der Waals surface area (Å²) in [5, 5.41) is 8.89. The highest BCUT2D eigenvalue weighted by atomic mass is 32.2. The molecule has 6 nitrogen and oxygen atoms in total. The number of aromatic nitrogens is 1. The topological polar surface area (TPSA) is 109 Å². The molecule has 0 fully saturated rings. The number of nitrogen functional groups attached to an aromatic ring is 1. The van der Waals surface area contributed by atoms with E-state index in [-0.39, 0.29) is 16.5 Å². The van der Waals surface area contributed by atoms with E-state index in [0.29, 0.717) is 5.69 Å². The van der Waals surface area contributed by atoms with E-state index in [1.165, 1.54) is 18.5 Å². The molecular formula is C16H16N4O2S. The van der Waals surface area contributed by atoms with Crippen LogP contribution in [-0.2, 0) is 16.4 Å². The van der Waals surface area contributed by atoms with Crippen molar-refractivity contribution in [3.63, 3.8) is 0 Å². The first-order valence-electron chi connectivity index (χ1n) is 7.25. The SMILES string of the molecule is N#Cc1cncc(S(=O)(=O)NC2CCCc3cc(N)ccc32)c1. The fourth-order valence-electron chi connectivity index (χ4n) is 2.84. The van der Waals surface area contributed by atoms with Crippen LogP contribution >= 0.6 is 0 Å². The predicted molar refractivity (Wildman–Crippen MR) is 85.8 cm³/mol. The van der Waals surface area contributed by atoms with Crippen molar-refractivity contribution < 1.29 is 8.42 Å². The molecule has 0 spiro atoms. The Balaban J connectivity index is 1.92. The maximum Gasteiger partial charge on any atom is 0.242 e. The van der Waals surface area contributed by atoms with E-state index in [1.807, 2.05) is 18.2 Å². The average Bonchev–Trinajstić information content (AvgIpc) is 2.54. The molecule has 0 bridgehead atoms. The fraction of sp³-hybridized carbons (Fsp3) is 0.250. The number of hydrogen-bond donors (Lipinski definition) is 2. The van der Waals surface area contributed by atoms with E-state index in [2.05, 4.69) is 9.71 Å². The summed E-state index contributed by atoms with van der Waals surface area (Å²) in [6.45, 7) is 0. The molecule has 0 radical (unpaired) electrons. The van der Waals surface area contributed by atoms with E-state index in [9.17, 15) is 8.42 Å². The quantitative estimate of drug-likeness (QED) is 0.836. The molecule has 1 aromatic carbocycles. The second-order valence-electron chi connectivity index (χ2n) is 5.55. The summed E-state index contributed by atoms with van der Waals surface area (Å²) in [5.74, 6) is 0. The third kappa shape index (κ3) is 3.18. The molecule has 0 saturated heterocycles. The van der Waals surface area contributed by atoms with Gasteiger partial charge in [0.1, 0.15) is 11.0 Å². The van der Waals surface area contributed by atoms with Crippen LogP contribution < -0.4 is 10.5 Å². The molecule has 7 heteroatoms. The lowest BCUT2D eigenvalue weighted by Crippen LogP contribution is -2.31. The molecule has 0 saturated carbocycles. The number of benzene rings is 1. The molecule has 23 heavy (non-hydrogen) atoms. The highest BCUT2D eigenvalue weighted by Gasteiger charge is 2.26. The van der Waals surface area contributed by atoms with Gasteiger partial charge < -0.3 is 5.73 Å². The highest BCUT2D eigenvalue weighted by molar-refractivity contribution is 7.89. The third-order valence-corrected chi connectivity index (χ3v) is 5.37. The Morgan fingerprint density at radius 1 is 1.30 bits per heavy atom. The number of nitrogens with zero attached hydrogens (tertiary/aromatic N) is 2. The van der Waals surface area contributed by atoms with Crippen molar-refractivity contribution in [2.24, 2.45) is 0 Å². The minimum atomic E-state index is -3.74. The number of fused-ring (bicyclic) bond motifs is 1. The Kier molecular flexibility index (Phi) is 4.03. The number of nitriles is 1. The Labute approximate surface area is 135 Å². The number of rotatable bonds is 3. The van der Waals surface area contributed by atoms with Gasteiger partial charge in [-0.25, -0.2) is 13.1 Å². The lowest BCUT2D eigenvalue weighted by Gasteiger charge is -2.26. The van der Waals surface area contributed by atoms with Crippen LogP contribution in [0.2, 0.25) is 0 Å². The van der Waals surface area contributed by atoms with Crippen molar-refractivity contribution in [1.82, 2.24) is 9.71 Å². The second-order valence-corrected chi connectivity index (χ2v) is 7.26. The van der Waals surface area contributed by atoms with Crippen molar-refractivity contribution in [1.29, 1.82) is 5.26 Å². The molecule has 1 heterocycles. The molecule has 3 rings (SSSR count). The maximum absolute atomic E-state index is 12.6. The summed E-state index contributed by atoms with van der Waals surface area (Å²) in [5.41, 5.74) is 8.73. The van der Waals surface area contributed by atoms with Crippen LogP contribution in [0.1, 0.15) is 35.6 Å². The Morgan fingerprint density at radius 3 is 2.91 bits per heavy atom. The number of nitrogens with two attached hydrogens (primary N) is 1. The van der Waals surface area contributed by atoms with Crippen molar-refractivity contribution in [3.05, 3.63) is 53.3 Å². The van der Waals surface area contributed by atoms with Gasteiger partial charge in [0.15, 0.2) is 0 Å². The monoisotopic (exact) mass is 328 g/mol. The molecule has 0 aliphatic heterocycles. The number of anilines is 1. The van der Waals surface area contributed by atoms with Gasteiger partial charge >= 0.3 is 0 Å². The van der Waals surface area contributed by atoms with Crippen LogP contribution in [0, 0.1) is 11.3 Å². The molecule has 3 N–H and O–H groups in total. The Bertz CT molecular complexity index is 887. The minimum Gasteiger partial charge on any atom is -0.399 e. The molecule has 1 aromatic heterocycles. The minimum absolute atomic E-state index is 0.000816. The van der Waals surface area contributed by atoms with Crippen LogP contribution in [0.4, 0.5) is 5.69 Å². The van der Waals surface area contributed by atoms with Crippen LogP contribution in [0.5, 0.6) is 0 Å². The first-order valence-corrected chi connectivity index (χ1v) is 8.74. The molecule has 0 amide bonds. The van der Waals surface area contributed by atoms with Gasteiger partial charge in [0, 0.05) is 24.1 Å². The van der Waals surface area contributed by atoms with E-state index in [1.54, 1.807) is 6.07 Å². The highest BCUT2D eigenvalue weighted by Crippen LogP contribution is 2.32.